The number of nitrogens with two attached hydrogens (primary N) is 1. The van der Waals surface area contributed by atoms with Crippen molar-refractivity contribution in [1.29, 1.82) is 0 Å². The Kier molecular flexibility index (Phi) is 6.69. The number of amides is 2. The van der Waals surface area contributed by atoms with E-state index in [2.05, 4.69) is 5.32 Å². The van der Waals surface area contributed by atoms with E-state index in [9.17, 15) is 9.59 Å². The number of rotatable bonds is 7. The molecule has 1 aromatic carbocycles. The Hall–Kier alpha value is -2.24. The predicted octanol–water partition coefficient (Wildman–Crippen LogP) is 1.65. The van der Waals surface area contributed by atoms with Crippen molar-refractivity contribution in [1.82, 2.24) is 10.2 Å². The molecule has 0 spiro atoms. The fraction of sp³-hybridized carbons (Fsp3) is 0.500. The molecule has 6 nitrogen and oxygen atoms in total. The lowest BCUT2D eigenvalue weighted by molar-refractivity contribution is -0.132. The highest BCUT2D eigenvalue weighted by Crippen LogP contribution is 2.22. The summed E-state index contributed by atoms with van der Waals surface area (Å²) in [5.41, 5.74) is 6.69. The Morgan fingerprint density at radius 1 is 1.27 bits per heavy atom. The Morgan fingerprint density at radius 2 is 1.91 bits per heavy atom. The molecule has 3 N–H and O–H groups in total. The van der Waals surface area contributed by atoms with Gasteiger partial charge in [-0.25, -0.2) is 0 Å². The van der Waals surface area contributed by atoms with Crippen molar-refractivity contribution in [2.24, 2.45) is 0 Å². The summed E-state index contributed by atoms with van der Waals surface area (Å²) < 4.78 is 5.45. The van der Waals surface area contributed by atoms with Crippen LogP contribution in [0.1, 0.15) is 38.1 Å². The summed E-state index contributed by atoms with van der Waals surface area (Å²) in [5, 5.41) is 2.79. The smallest absolute Gasteiger partial charge is 0.260 e. The van der Waals surface area contributed by atoms with Crippen molar-refractivity contribution < 1.29 is 14.3 Å². The van der Waals surface area contributed by atoms with Gasteiger partial charge in [0.15, 0.2) is 6.61 Å². The lowest BCUT2D eigenvalue weighted by Gasteiger charge is -2.19. The Morgan fingerprint density at radius 3 is 2.41 bits per heavy atom. The van der Waals surface area contributed by atoms with E-state index in [0.29, 0.717) is 30.1 Å². The molecule has 1 rings (SSSR count). The number of nitrogen functional groups attached to an aromatic ring is 1. The zero-order valence-electron chi connectivity index (χ0n) is 13.7. The van der Waals surface area contributed by atoms with Gasteiger partial charge in [0.2, 0.25) is 0 Å². The summed E-state index contributed by atoms with van der Waals surface area (Å²) in [7, 11) is 0. The highest BCUT2D eigenvalue weighted by molar-refractivity contribution is 5.95. The second-order valence-electron chi connectivity index (χ2n) is 5.24. The molecule has 0 fully saturated rings. The average Bonchev–Trinajstić information content (AvgIpc) is 2.46. The van der Waals surface area contributed by atoms with Crippen molar-refractivity contribution in [3.8, 4) is 5.75 Å². The van der Waals surface area contributed by atoms with E-state index in [4.69, 9.17) is 10.5 Å². The molecule has 0 aliphatic heterocycles. The highest BCUT2D eigenvalue weighted by Gasteiger charge is 2.13. The third-order valence-corrected chi connectivity index (χ3v) is 3.16. The second-order valence-corrected chi connectivity index (χ2v) is 5.24. The quantitative estimate of drug-likeness (QED) is 0.750. The fourth-order valence-electron chi connectivity index (χ4n) is 1.97. The predicted molar refractivity (Wildman–Crippen MR) is 86.9 cm³/mol. The summed E-state index contributed by atoms with van der Waals surface area (Å²) in [5.74, 6) is 0.125. The van der Waals surface area contributed by atoms with Crippen molar-refractivity contribution >= 4 is 17.5 Å². The molecule has 0 heterocycles. The van der Waals surface area contributed by atoms with E-state index in [-0.39, 0.29) is 24.5 Å². The molecule has 0 saturated carbocycles. The Balaban J connectivity index is 2.70. The molecular weight excluding hydrogens is 282 g/mol. The molecule has 0 aromatic heterocycles. The van der Waals surface area contributed by atoms with Crippen LogP contribution in [0.5, 0.6) is 5.75 Å². The summed E-state index contributed by atoms with van der Waals surface area (Å²) >= 11 is 0. The minimum absolute atomic E-state index is 0.0522. The Labute approximate surface area is 131 Å². The minimum Gasteiger partial charge on any atom is -0.482 e. The number of hydrogen-bond acceptors (Lipinski definition) is 4. The van der Waals surface area contributed by atoms with E-state index < -0.39 is 0 Å². The van der Waals surface area contributed by atoms with Crippen LogP contribution >= 0.6 is 0 Å². The van der Waals surface area contributed by atoms with Gasteiger partial charge in [0.05, 0.1) is 5.69 Å². The lowest BCUT2D eigenvalue weighted by Crippen LogP contribution is -2.34. The van der Waals surface area contributed by atoms with Crippen LogP contribution in [0.25, 0.3) is 0 Å². The van der Waals surface area contributed by atoms with Gasteiger partial charge in [0, 0.05) is 24.7 Å². The molecule has 0 unspecified atom stereocenters. The third kappa shape index (κ3) is 4.95. The lowest BCUT2D eigenvalue weighted by atomic mass is 10.1. The average molecular weight is 307 g/mol. The zero-order valence-corrected chi connectivity index (χ0v) is 13.7. The van der Waals surface area contributed by atoms with Crippen LogP contribution in [-0.2, 0) is 4.79 Å². The maximum absolute atomic E-state index is 11.9. The van der Waals surface area contributed by atoms with Crippen LogP contribution in [0.3, 0.4) is 0 Å². The second kappa shape index (κ2) is 8.26. The SMILES string of the molecule is CCN(CC)C(=O)COc1ccc(C(=O)NC(C)C)cc1N. The summed E-state index contributed by atoms with van der Waals surface area (Å²) in [4.78, 5) is 25.4. The molecular formula is C16H25N3O3. The Bertz CT molecular complexity index is 525. The fourth-order valence-corrected chi connectivity index (χ4v) is 1.97. The van der Waals surface area contributed by atoms with Crippen molar-refractivity contribution in [2.75, 3.05) is 25.4 Å². The van der Waals surface area contributed by atoms with Crippen molar-refractivity contribution in [3.63, 3.8) is 0 Å². The largest absolute Gasteiger partial charge is 0.482 e. The number of hydrogen-bond donors (Lipinski definition) is 2. The molecule has 0 aliphatic carbocycles. The maximum atomic E-state index is 11.9. The number of nitrogens with one attached hydrogen (secondary N) is 1. The van der Waals surface area contributed by atoms with E-state index in [1.165, 1.54) is 0 Å². The van der Waals surface area contributed by atoms with Gasteiger partial charge in [-0.15, -0.1) is 0 Å². The zero-order chi connectivity index (χ0) is 16.7. The first kappa shape index (κ1) is 17.8. The van der Waals surface area contributed by atoms with Gasteiger partial charge in [-0.3, -0.25) is 9.59 Å². The number of carbonyl (C=O) groups is 2. The summed E-state index contributed by atoms with van der Waals surface area (Å²) in [6, 6.07) is 4.84. The van der Waals surface area contributed by atoms with Crippen LogP contribution in [-0.4, -0.2) is 42.5 Å². The van der Waals surface area contributed by atoms with Crippen LogP contribution in [0, 0.1) is 0 Å². The summed E-state index contributed by atoms with van der Waals surface area (Å²) in [6.07, 6.45) is 0. The first-order valence-corrected chi connectivity index (χ1v) is 7.49. The normalized spacial score (nSPS) is 10.4. The third-order valence-electron chi connectivity index (χ3n) is 3.16. The monoisotopic (exact) mass is 307 g/mol. The molecule has 0 bridgehead atoms. The topological polar surface area (TPSA) is 84.7 Å². The first-order chi connectivity index (χ1) is 10.4. The van der Waals surface area contributed by atoms with Gasteiger partial charge in [0.1, 0.15) is 5.75 Å². The number of anilines is 1. The molecule has 1 aromatic rings. The van der Waals surface area contributed by atoms with E-state index in [0.717, 1.165) is 0 Å². The van der Waals surface area contributed by atoms with Gasteiger partial charge in [-0.2, -0.15) is 0 Å². The molecule has 2 amide bonds. The highest BCUT2D eigenvalue weighted by atomic mass is 16.5. The maximum Gasteiger partial charge on any atom is 0.260 e. The molecule has 0 radical (unpaired) electrons. The number of nitrogens with zero attached hydrogens (tertiary/aromatic N) is 1. The van der Waals surface area contributed by atoms with Crippen LogP contribution in [0.4, 0.5) is 5.69 Å². The number of benzene rings is 1. The van der Waals surface area contributed by atoms with Gasteiger partial charge in [-0.1, -0.05) is 0 Å². The van der Waals surface area contributed by atoms with Crippen LogP contribution in [0.2, 0.25) is 0 Å². The molecule has 22 heavy (non-hydrogen) atoms. The van der Waals surface area contributed by atoms with Gasteiger partial charge in [0.25, 0.3) is 11.8 Å². The van der Waals surface area contributed by atoms with Crippen LogP contribution in [0.15, 0.2) is 18.2 Å². The minimum atomic E-state index is -0.188. The van der Waals surface area contributed by atoms with Crippen molar-refractivity contribution in [2.45, 2.75) is 33.7 Å². The van der Waals surface area contributed by atoms with Gasteiger partial charge in [-0.05, 0) is 45.9 Å². The first-order valence-electron chi connectivity index (χ1n) is 7.49. The van der Waals surface area contributed by atoms with E-state index in [1.54, 1.807) is 23.1 Å². The number of likely N-dealkylation sites (N-methyl/N-ethyl adjacent to an activating group) is 1. The molecule has 0 aliphatic rings. The molecule has 0 saturated heterocycles. The van der Waals surface area contributed by atoms with E-state index in [1.807, 2.05) is 27.7 Å². The number of carbonyl (C=O) groups excluding carboxylic acids is 2. The van der Waals surface area contributed by atoms with Crippen molar-refractivity contribution in [3.05, 3.63) is 23.8 Å². The van der Waals surface area contributed by atoms with E-state index >= 15 is 0 Å². The molecule has 122 valence electrons. The molecule has 0 atom stereocenters. The van der Waals surface area contributed by atoms with Gasteiger partial charge >= 0.3 is 0 Å². The standard InChI is InChI=1S/C16H25N3O3/c1-5-19(6-2)15(20)10-22-14-8-7-12(9-13(14)17)16(21)18-11(3)4/h7-9,11H,5-6,10,17H2,1-4H3,(H,18,21). The van der Waals surface area contributed by atoms with Crippen LogP contribution < -0.4 is 15.8 Å². The summed E-state index contributed by atoms with van der Waals surface area (Å²) in [6.45, 7) is 8.82. The molecule has 6 heteroatoms. The number of ether oxygens (including phenoxy) is 1. The van der Waals surface area contributed by atoms with Gasteiger partial charge < -0.3 is 20.7 Å².